The minimum atomic E-state index is -4.43. The Hall–Kier alpha value is -2.65. The molecular formula is C17H17ClN2O6S. The zero-order valence-corrected chi connectivity index (χ0v) is 16.1. The molecule has 0 aliphatic heterocycles. The van der Waals surface area contributed by atoms with Gasteiger partial charge in [-0.15, -0.1) is 0 Å². The summed E-state index contributed by atoms with van der Waals surface area (Å²) in [5, 5.41) is 11.6. The number of hydrogen-bond acceptors (Lipinski definition) is 6. The first-order chi connectivity index (χ1) is 12.6. The molecule has 2 aromatic carbocycles. The lowest BCUT2D eigenvalue weighted by Gasteiger charge is -2.24. The predicted octanol–water partition coefficient (Wildman–Crippen LogP) is 3.40. The molecule has 27 heavy (non-hydrogen) atoms. The van der Waals surface area contributed by atoms with Crippen molar-refractivity contribution in [1.29, 1.82) is 0 Å². The van der Waals surface area contributed by atoms with E-state index in [-0.39, 0.29) is 5.69 Å². The first kappa shape index (κ1) is 20.7. The van der Waals surface area contributed by atoms with Crippen LogP contribution in [0.1, 0.15) is 13.8 Å². The molecule has 0 heterocycles. The van der Waals surface area contributed by atoms with Crippen LogP contribution >= 0.6 is 11.6 Å². The van der Waals surface area contributed by atoms with Crippen molar-refractivity contribution in [3.63, 3.8) is 0 Å². The Morgan fingerprint density at radius 2 is 1.78 bits per heavy atom. The molecule has 2 rings (SSSR count). The van der Waals surface area contributed by atoms with E-state index in [1.54, 1.807) is 13.8 Å². The van der Waals surface area contributed by atoms with Crippen LogP contribution < -0.4 is 4.31 Å². The third-order valence-corrected chi connectivity index (χ3v) is 5.46. The highest BCUT2D eigenvalue weighted by Gasteiger charge is 2.33. The Labute approximate surface area is 161 Å². The summed E-state index contributed by atoms with van der Waals surface area (Å²) in [5.41, 5.74) is -0.466. The summed E-state index contributed by atoms with van der Waals surface area (Å²) in [6, 6.07) is 10.6. The molecule has 0 aliphatic rings. The van der Waals surface area contributed by atoms with Crippen molar-refractivity contribution in [2.45, 2.75) is 24.8 Å². The minimum Gasteiger partial charge on any atom is -0.462 e. The zero-order chi connectivity index (χ0) is 20.2. The van der Waals surface area contributed by atoms with Crippen molar-refractivity contribution in [3.8, 4) is 0 Å². The second-order valence-corrected chi connectivity index (χ2v) is 8.02. The number of para-hydroxylation sites is 1. The molecule has 0 saturated carbocycles. The van der Waals surface area contributed by atoms with Crippen LogP contribution in [-0.2, 0) is 19.6 Å². The number of benzene rings is 2. The van der Waals surface area contributed by atoms with Crippen molar-refractivity contribution in [2.24, 2.45) is 0 Å². The van der Waals surface area contributed by atoms with E-state index in [0.717, 1.165) is 16.4 Å². The van der Waals surface area contributed by atoms with Gasteiger partial charge in [0.2, 0.25) is 0 Å². The minimum absolute atomic E-state index is 0.123. The van der Waals surface area contributed by atoms with Gasteiger partial charge in [0, 0.05) is 11.1 Å². The maximum atomic E-state index is 13.1. The lowest BCUT2D eigenvalue weighted by atomic mass is 10.3. The highest BCUT2D eigenvalue weighted by atomic mass is 35.5. The van der Waals surface area contributed by atoms with Gasteiger partial charge in [0.05, 0.1) is 16.7 Å². The molecule has 144 valence electrons. The van der Waals surface area contributed by atoms with Gasteiger partial charge in [-0.25, -0.2) is 8.42 Å². The number of anilines is 1. The largest absolute Gasteiger partial charge is 0.462 e. The van der Waals surface area contributed by atoms with Gasteiger partial charge in [0.15, 0.2) is 4.90 Å². The van der Waals surface area contributed by atoms with Gasteiger partial charge in [-0.1, -0.05) is 23.7 Å². The Balaban J connectivity index is 2.56. The van der Waals surface area contributed by atoms with Crippen molar-refractivity contribution < 1.29 is 22.9 Å². The number of carbonyl (C=O) groups is 1. The molecule has 0 amide bonds. The van der Waals surface area contributed by atoms with Crippen LogP contribution in [0, 0.1) is 10.1 Å². The van der Waals surface area contributed by atoms with E-state index in [2.05, 4.69) is 0 Å². The SMILES string of the molecule is CC(C)OC(=O)CN(c1ccc(Cl)cc1)S(=O)(=O)c1ccccc1[N+](=O)[O-]. The number of hydrogen-bond donors (Lipinski definition) is 0. The highest BCUT2D eigenvalue weighted by molar-refractivity contribution is 7.93. The molecule has 0 saturated heterocycles. The van der Waals surface area contributed by atoms with E-state index in [0.29, 0.717) is 5.02 Å². The highest BCUT2D eigenvalue weighted by Crippen LogP contribution is 2.30. The van der Waals surface area contributed by atoms with Gasteiger partial charge < -0.3 is 4.74 Å². The molecular weight excluding hydrogens is 396 g/mol. The third-order valence-electron chi connectivity index (χ3n) is 3.38. The first-order valence-corrected chi connectivity index (χ1v) is 9.66. The van der Waals surface area contributed by atoms with Gasteiger partial charge in [0.1, 0.15) is 6.54 Å². The molecule has 0 bridgehead atoms. The molecule has 0 aliphatic carbocycles. The summed E-state index contributed by atoms with van der Waals surface area (Å²) in [6.45, 7) is 2.61. The van der Waals surface area contributed by atoms with Crippen LogP contribution in [0.5, 0.6) is 0 Å². The first-order valence-electron chi connectivity index (χ1n) is 7.84. The maximum Gasteiger partial charge on any atom is 0.327 e. The van der Waals surface area contributed by atoms with E-state index in [9.17, 15) is 23.3 Å². The predicted molar refractivity (Wildman–Crippen MR) is 100 cm³/mol. The standard InChI is InChI=1S/C17H17ClN2O6S/c1-12(2)26-17(21)11-19(14-9-7-13(18)8-10-14)27(24,25)16-6-4-3-5-15(16)20(22)23/h3-10,12H,11H2,1-2H3. The van der Waals surface area contributed by atoms with Crippen molar-refractivity contribution in [3.05, 3.63) is 63.7 Å². The van der Waals surface area contributed by atoms with Gasteiger partial charge in [0.25, 0.3) is 15.7 Å². The average molecular weight is 413 g/mol. The summed E-state index contributed by atoms with van der Waals surface area (Å²) in [5.74, 6) is -0.790. The number of ether oxygens (including phenoxy) is 1. The Kier molecular flexibility index (Phi) is 6.40. The van der Waals surface area contributed by atoms with E-state index in [1.807, 2.05) is 0 Å². The Morgan fingerprint density at radius 3 is 2.33 bits per heavy atom. The molecule has 0 spiro atoms. The molecule has 2 aromatic rings. The Morgan fingerprint density at radius 1 is 1.19 bits per heavy atom. The van der Waals surface area contributed by atoms with E-state index in [1.165, 1.54) is 36.4 Å². The van der Waals surface area contributed by atoms with Crippen molar-refractivity contribution in [1.82, 2.24) is 0 Å². The smallest absolute Gasteiger partial charge is 0.327 e. The van der Waals surface area contributed by atoms with E-state index < -0.39 is 44.1 Å². The summed E-state index contributed by atoms with van der Waals surface area (Å²) >= 11 is 5.84. The number of nitrogens with zero attached hydrogens (tertiary/aromatic N) is 2. The van der Waals surface area contributed by atoms with Gasteiger partial charge in [-0.3, -0.25) is 19.2 Å². The molecule has 10 heteroatoms. The number of halogens is 1. The molecule has 0 radical (unpaired) electrons. The third kappa shape index (κ3) is 4.95. The summed E-state index contributed by atoms with van der Waals surface area (Å²) in [4.78, 5) is 22.0. The van der Waals surface area contributed by atoms with Crippen LogP contribution in [0.15, 0.2) is 53.4 Å². The summed E-state index contributed by atoms with van der Waals surface area (Å²) < 4.78 is 32.1. The fourth-order valence-corrected chi connectivity index (χ4v) is 3.98. The lowest BCUT2D eigenvalue weighted by molar-refractivity contribution is -0.387. The zero-order valence-electron chi connectivity index (χ0n) is 14.5. The lowest BCUT2D eigenvalue weighted by Crippen LogP contribution is -2.37. The van der Waals surface area contributed by atoms with Crippen LogP contribution in [0.4, 0.5) is 11.4 Å². The topological polar surface area (TPSA) is 107 Å². The number of esters is 1. The van der Waals surface area contributed by atoms with Crippen LogP contribution in [-0.4, -0.2) is 32.0 Å². The second-order valence-electron chi connectivity index (χ2n) is 5.75. The fraction of sp³-hybridized carbons (Fsp3) is 0.235. The number of sulfonamides is 1. The number of nitro benzene ring substituents is 1. The van der Waals surface area contributed by atoms with Crippen LogP contribution in [0.2, 0.25) is 5.02 Å². The molecule has 8 nitrogen and oxygen atoms in total. The quantitative estimate of drug-likeness (QED) is 0.392. The normalized spacial score (nSPS) is 11.3. The van der Waals surface area contributed by atoms with Crippen LogP contribution in [0.3, 0.4) is 0 Å². The number of nitro groups is 1. The van der Waals surface area contributed by atoms with E-state index in [4.69, 9.17) is 16.3 Å². The Bertz CT molecular complexity index is 944. The average Bonchev–Trinajstić information content (AvgIpc) is 2.60. The van der Waals surface area contributed by atoms with Gasteiger partial charge >= 0.3 is 5.97 Å². The molecule has 0 unspecified atom stereocenters. The fourth-order valence-electron chi connectivity index (χ4n) is 2.28. The summed E-state index contributed by atoms with van der Waals surface area (Å²) in [6.07, 6.45) is -0.446. The summed E-state index contributed by atoms with van der Waals surface area (Å²) in [7, 11) is -4.43. The number of rotatable bonds is 7. The molecule has 0 fully saturated rings. The van der Waals surface area contributed by atoms with Crippen LogP contribution in [0.25, 0.3) is 0 Å². The van der Waals surface area contributed by atoms with Crippen molar-refractivity contribution in [2.75, 3.05) is 10.8 Å². The van der Waals surface area contributed by atoms with Gasteiger partial charge in [-0.05, 0) is 44.2 Å². The maximum absolute atomic E-state index is 13.1. The van der Waals surface area contributed by atoms with Crippen molar-refractivity contribution >= 4 is 39.0 Å². The molecule has 0 aromatic heterocycles. The second kappa shape index (κ2) is 8.36. The van der Waals surface area contributed by atoms with Gasteiger partial charge in [-0.2, -0.15) is 0 Å². The molecule has 0 atom stereocenters. The number of carbonyl (C=O) groups excluding carboxylic acids is 1. The van der Waals surface area contributed by atoms with E-state index >= 15 is 0 Å². The monoisotopic (exact) mass is 412 g/mol. The molecule has 0 N–H and O–H groups in total.